The minimum Gasteiger partial charge on any atom is -0.456 e. The van der Waals surface area contributed by atoms with Gasteiger partial charge in [-0.05, 0) is 61.4 Å². The first kappa shape index (κ1) is 21.3. The molecule has 0 amide bonds. The zero-order valence-electron chi connectivity index (χ0n) is 19.7. The fraction of sp³-hybridized carbons (Fsp3) is 0.167. The number of carbonyl (C=O) groups is 1. The number of rotatable bonds is 5. The zero-order valence-corrected chi connectivity index (χ0v) is 19.7. The van der Waals surface area contributed by atoms with Gasteiger partial charge in [0.25, 0.3) is 0 Å². The first-order chi connectivity index (χ1) is 17.1. The average Bonchev–Trinajstić information content (AvgIpc) is 3.17. The van der Waals surface area contributed by atoms with Crippen molar-refractivity contribution < 1.29 is 14.3 Å². The van der Waals surface area contributed by atoms with Gasteiger partial charge in [-0.15, -0.1) is 0 Å². The third kappa shape index (κ3) is 3.35. The van der Waals surface area contributed by atoms with Crippen LogP contribution in [0.25, 0.3) is 0 Å². The number of carbonyl (C=O) groups excluding carboxylic acids is 1. The van der Waals surface area contributed by atoms with E-state index < -0.39 is 5.60 Å². The molecule has 0 saturated carbocycles. The molecule has 4 aromatic carbocycles. The number of anilines is 3. The second kappa shape index (κ2) is 8.20. The fourth-order valence-corrected chi connectivity index (χ4v) is 5.01. The van der Waals surface area contributed by atoms with Crippen LogP contribution in [0, 0.1) is 6.92 Å². The smallest absolute Gasteiger partial charge is 0.340 e. The van der Waals surface area contributed by atoms with E-state index in [0.29, 0.717) is 17.1 Å². The molecule has 1 spiro atoms. The van der Waals surface area contributed by atoms with Gasteiger partial charge in [0.2, 0.25) is 0 Å². The van der Waals surface area contributed by atoms with E-state index in [2.05, 4.69) is 23.6 Å². The van der Waals surface area contributed by atoms with Crippen molar-refractivity contribution in [3.8, 4) is 11.5 Å². The number of nitrogens with one attached hydrogen (secondary N) is 2. The number of hydrogen-bond donors (Lipinski definition) is 2. The molecule has 0 bridgehead atoms. The molecule has 174 valence electrons. The maximum absolute atomic E-state index is 13.1. The molecular weight excluding hydrogens is 436 g/mol. The summed E-state index contributed by atoms with van der Waals surface area (Å²) in [5, 5.41) is 6.94. The number of hydrogen-bond acceptors (Lipinski definition) is 5. The van der Waals surface area contributed by atoms with Crippen molar-refractivity contribution in [2.75, 3.05) is 17.2 Å². The van der Waals surface area contributed by atoms with Gasteiger partial charge in [0.05, 0.1) is 5.56 Å². The lowest BCUT2D eigenvalue weighted by atomic mass is 9.77. The largest absolute Gasteiger partial charge is 0.456 e. The van der Waals surface area contributed by atoms with Crippen LogP contribution in [-0.4, -0.2) is 12.5 Å². The zero-order chi connectivity index (χ0) is 24.0. The summed E-state index contributed by atoms with van der Waals surface area (Å²) in [6, 6.07) is 27.8. The molecule has 0 radical (unpaired) electrons. The minimum atomic E-state index is -1.08. The van der Waals surface area contributed by atoms with E-state index in [1.807, 2.05) is 85.8 Å². The quantitative estimate of drug-likeness (QED) is 0.309. The summed E-state index contributed by atoms with van der Waals surface area (Å²) in [4.78, 5) is 13.1. The van der Waals surface area contributed by atoms with Gasteiger partial charge in [0.15, 0.2) is 5.60 Å². The van der Waals surface area contributed by atoms with Crippen LogP contribution in [0.2, 0.25) is 0 Å². The van der Waals surface area contributed by atoms with Crippen LogP contribution in [0.15, 0.2) is 84.9 Å². The molecule has 0 fully saturated rings. The second-order valence-corrected chi connectivity index (χ2v) is 9.01. The standard InChI is InChI=1S/C30H26N2O3/c1-3-15-31-21-13-14-24-28(17-21)34-27-16-19(2)26(32-20-9-5-4-6-10-20)18-25(27)30(24)23-12-8-7-11-22(23)29(33)35-30/h4-14,16-18,31-32H,3,15H2,1-2H3. The molecule has 0 aromatic heterocycles. The Kier molecular flexibility index (Phi) is 4.99. The van der Waals surface area contributed by atoms with Crippen LogP contribution >= 0.6 is 0 Å². The van der Waals surface area contributed by atoms with Crippen molar-refractivity contribution in [2.24, 2.45) is 0 Å². The molecule has 6 rings (SSSR count). The summed E-state index contributed by atoms with van der Waals surface area (Å²) in [5.41, 5.74) is 5.88. The molecule has 0 aliphatic carbocycles. The van der Waals surface area contributed by atoms with Gasteiger partial charge >= 0.3 is 5.97 Å². The van der Waals surface area contributed by atoms with Crippen LogP contribution in [0.1, 0.15) is 46.0 Å². The highest BCUT2D eigenvalue weighted by Crippen LogP contribution is 2.57. The summed E-state index contributed by atoms with van der Waals surface area (Å²) in [6.45, 7) is 5.04. The molecule has 0 saturated heterocycles. The van der Waals surface area contributed by atoms with Crippen LogP contribution in [-0.2, 0) is 10.3 Å². The molecule has 2 aliphatic heterocycles. The monoisotopic (exact) mass is 462 g/mol. The van der Waals surface area contributed by atoms with Crippen molar-refractivity contribution in [1.82, 2.24) is 0 Å². The van der Waals surface area contributed by atoms with Crippen molar-refractivity contribution >= 4 is 23.0 Å². The third-order valence-electron chi connectivity index (χ3n) is 6.69. The van der Waals surface area contributed by atoms with E-state index in [-0.39, 0.29) is 5.97 Å². The number of para-hydroxylation sites is 1. The van der Waals surface area contributed by atoms with E-state index in [0.717, 1.165) is 52.3 Å². The topological polar surface area (TPSA) is 59.6 Å². The van der Waals surface area contributed by atoms with E-state index in [1.165, 1.54) is 0 Å². The van der Waals surface area contributed by atoms with Gasteiger partial charge in [-0.1, -0.05) is 43.3 Å². The maximum Gasteiger partial charge on any atom is 0.340 e. The Morgan fingerprint density at radius 1 is 0.800 bits per heavy atom. The molecule has 35 heavy (non-hydrogen) atoms. The maximum atomic E-state index is 13.1. The third-order valence-corrected chi connectivity index (χ3v) is 6.69. The summed E-state index contributed by atoms with van der Waals surface area (Å²) in [5.74, 6) is 1.04. The Bertz CT molecular complexity index is 1450. The fourth-order valence-electron chi connectivity index (χ4n) is 5.01. The Morgan fingerprint density at radius 2 is 1.57 bits per heavy atom. The first-order valence-corrected chi connectivity index (χ1v) is 12.0. The summed E-state index contributed by atoms with van der Waals surface area (Å²) in [6.07, 6.45) is 1.02. The lowest BCUT2D eigenvalue weighted by Crippen LogP contribution is -2.33. The van der Waals surface area contributed by atoms with Crippen LogP contribution < -0.4 is 15.4 Å². The van der Waals surface area contributed by atoms with Gasteiger partial charge in [0, 0.05) is 46.4 Å². The Balaban J connectivity index is 1.57. The molecule has 2 N–H and O–H groups in total. The predicted octanol–water partition coefficient (Wildman–Crippen LogP) is 7.13. The molecule has 2 heterocycles. The number of ether oxygens (including phenoxy) is 2. The van der Waals surface area contributed by atoms with E-state index >= 15 is 0 Å². The van der Waals surface area contributed by atoms with Gasteiger partial charge in [0.1, 0.15) is 11.5 Å². The normalized spacial score (nSPS) is 17.1. The van der Waals surface area contributed by atoms with Crippen LogP contribution in [0.5, 0.6) is 11.5 Å². The highest BCUT2D eigenvalue weighted by Gasteiger charge is 2.53. The number of benzene rings is 4. The first-order valence-electron chi connectivity index (χ1n) is 12.0. The van der Waals surface area contributed by atoms with Crippen LogP contribution in [0.3, 0.4) is 0 Å². The number of aryl methyl sites for hydroxylation is 1. The van der Waals surface area contributed by atoms with Gasteiger partial charge in [-0.25, -0.2) is 4.79 Å². The summed E-state index contributed by atoms with van der Waals surface area (Å²) in [7, 11) is 0. The van der Waals surface area contributed by atoms with E-state index in [4.69, 9.17) is 9.47 Å². The predicted molar refractivity (Wildman–Crippen MR) is 138 cm³/mol. The average molecular weight is 463 g/mol. The van der Waals surface area contributed by atoms with Crippen molar-refractivity contribution in [2.45, 2.75) is 25.9 Å². The summed E-state index contributed by atoms with van der Waals surface area (Å²) < 4.78 is 12.8. The highest BCUT2D eigenvalue weighted by molar-refractivity contribution is 5.97. The molecule has 1 atom stereocenters. The molecule has 2 aliphatic rings. The Labute approximate surface area is 204 Å². The van der Waals surface area contributed by atoms with Gasteiger partial charge in [-0.2, -0.15) is 0 Å². The lowest BCUT2D eigenvalue weighted by Gasteiger charge is -2.37. The van der Waals surface area contributed by atoms with Crippen molar-refractivity contribution in [1.29, 1.82) is 0 Å². The van der Waals surface area contributed by atoms with Gasteiger partial charge < -0.3 is 20.1 Å². The van der Waals surface area contributed by atoms with E-state index in [9.17, 15) is 4.79 Å². The van der Waals surface area contributed by atoms with Crippen LogP contribution in [0.4, 0.5) is 17.1 Å². The molecule has 5 nitrogen and oxygen atoms in total. The Hall–Kier alpha value is -4.25. The summed E-state index contributed by atoms with van der Waals surface area (Å²) >= 11 is 0. The molecule has 5 heteroatoms. The van der Waals surface area contributed by atoms with Gasteiger partial charge in [-0.3, -0.25) is 0 Å². The highest BCUT2D eigenvalue weighted by atomic mass is 16.6. The minimum absolute atomic E-state index is 0.328. The second-order valence-electron chi connectivity index (χ2n) is 9.01. The Morgan fingerprint density at radius 3 is 2.40 bits per heavy atom. The molecule has 4 aromatic rings. The van der Waals surface area contributed by atoms with Crippen molar-refractivity contribution in [3.05, 3.63) is 113 Å². The number of esters is 1. The molecule has 1 unspecified atom stereocenters. The number of fused-ring (bicyclic) bond motifs is 6. The lowest BCUT2D eigenvalue weighted by molar-refractivity contribution is 0.0224. The molecular formula is C30H26N2O3. The SMILES string of the molecule is CCCNc1ccc2c(c1)Oc1cc(C)c(Nc3ccccc3)cc1C21OC(=O)c2ccccc21. The van der Waals surface area contributed by atoms with Crippen molar-refractivity contribution in [3.63, 3.8) is 0 Å². The van der Waals surface area contributed by atoms with E-state index in [1.54, 1.807) is 0 Å².